The third-order valence-electron chi connectivity index (χ3n) is 1.53. The van der Waals surface area contributed by atoms with Crippen LogP contribution in [0.15, 0.2) is 0 Å². The molecular weight excluding hydrogens is 170 g/mol. The highest BCUT2D eigenvalue weighted by Crippen LogP contribution is 2.25. The average Bonchev–Trinajstić information content (AvgIpc) is 1.49. The van der Waals surface area contributed by atoms with E-state index in [2.05, 4.69) is 12.6 Å². The summed E-state index contributed by atoms with van der Waals surface area (Å²) in [6.45, 7) is 12.0. The number of rotatable bonds is 0. The number of amides is 1. The van der Waals surface area contributed by atoms with Crippen LogP contribution >= 0.6 is 12.6 Å². The first-order valence-corrected chi connectivity index (χ1v) is 4.55. The van der Waals surface area contributed by atoms with Gasteiger partial charge >= 0.3 is 0 Å². The van der Waals surface area contributed by atoms with Gasteiger partial charge in [0.25, 0.3) is 5.24 Å². The van der Waals surface area contributed by atoms with Crippen molar-refractivity contribution in [3.8, 4) is 0 Å². The predicted molar refractivity (Wildman–Crippen MR) is 55.7 cm³/mol. The molecule has 0 aliphatic carbocycles. The van der Waals surface area contributed by atoms with E-state index in [1.54, 1.807) is 4.90 Å². The minimum atomic E-state index is -0.171. The Kier molecular flexibility index (Phi) is 3.24. The van der Waals surface area contributed by atoms with Crippen LogP contribution in [0.3, 0.4) is 0 Å². The second kappa shape index (κ2) is 3.29. The van der Waals surface area contributed by atoms with Crippen LogP contribution in [-0.2, 0) is 0 Å². The summed E-state index contributed by atoms with van der Waals surface area (Å²) in [5, 5.41) is -0.171. The van der Waals surface area contributed by atoms with Gasteiger partial charge in [0.05, 0.1) is 0 Å². The van der Waals surface area contributed by atoms with E-state index in [4.69, 9.17) is 0 Å². The Morgan fingerprint density at radius 1 is 1.00 bits per heavy atom. The van der Waals surface area contributed by atoms with E-state index in [1.165, 1.54) is 0 Å². The first kappa shape index (κ1) is 11.8. The van der Waals surface area contributed by atoms with Gasteiger partial charge in [-0.15, -0.1) is 0 Å². The van der Waals surface area contributed by atoms with Gasteiger partial charge < -0.3 is 4.90 Å². The lowest BCUT2D eigenvalue weighted by atomic mass is 9.97. The van der Waals surface area contributed by atoms with Crippen molar-refractivity contribution in [2.75, 3.05) is 0 Å². The zero-order valence-corrected chi connectivity index (χ0v) is 9.70. The molecule has 3 heteroatoms. The molecule has 0 bridgehead atoms. The van der Waals surface area contributed by atoms with Gasteiger partial charge in [0.2, 0.25) is 0 Å². The quantitative estimate of drug-likeness (QED) is 0.581. The molecule has 0 saturated carbocycles. The van der Waals surface area contributed by atoms with E-state index < -0.39 is 0 Å². The molecule has 0 heterocycles. The molecule has 0 spiro atoms. The second-order valence-electron chi connectivity index (χ2n) is 4.96. The van der Waals surface area contributed by atoms with E-state index in [0.717, 1.165) is 0 Å². The highest BCUT2D eigenvalue weighted by molar-refractivity contribution is 7.96. The van der Waals surface area contributed by atoms with E-state index in [1.807, 2.05) is 41.5 Å². The fourth-order valence-electron chi connectivity index (χ4n) is 1.58. The van der Waals surface area contributed by atoms with Crippen LogP contribution in [0.1, 0.15) is 41.5 Å². The van der Waals surface area contributed by atoms with Crippen molar-refractivity contribution < 1.29 is 4.79 Å². The van der Waals surface area contributed by atoms with Crippen LogP contribution < -0.4 is 0 Å². The Balaban J connectivity index is 4.82. The lowest BCUT2D eigenvalue weighted by molar-refractivity contribution is 0.0910. The van der Waals surface area contributed by atoms with E-state index in [-0.39, 0.29) is 16.3 Å². The molecule has 0 atom stereocenters. The molecule has 12 heavy (non-hydrogen) atoms. The summed E-state index contributed by atoms with van der Waals surface area (Å²) in [6, 6.07) is 0. The van der Waals surface area contributed by atoms with Crippen molar-refractivity contribution in [3.63, 3.8) is 0 Å². The van der Waals surface area contributed by atoms with Crippen LogP contribution in [0.2, 0.25) is 0 Å². The lowest BCUT2D eigenvalue weighted by Gasteiger charge is -2.44. The maximum absolute atomic E-state index is 11.2. The minimum absolute atomic E-state index is 0.170. The van der Waals surface area contributed by atoms with Gasteiger partial charge in [-0.2, -0.15) is 0 Å². The molecule has 0 saturated heterocycles. The van der Waals surface area contributed by atoms with Crippen LogP contribution in [-0.4, -0.2) is 21.2 Å². The van der Waals surface area contributed by atoms with Crippen LogP contribution in [0.4, 0.5) is 4.79 Å². The lowest BCUT2D eigenvalue weighted by Crippen LogP contribution is -2.53. The third-order valence-corrected chi connectivity index (χ3v) is 1.73. The summed E-state index contributed by atoms with van der Waals surface area (Å²) in [5.41, 5.74) is -0.339. The molecule has 2 nitrogen and oxygen atoms in total. The molecule has 0 fully saturated rings. The van der Waals surface area contributed by atoms with Crippen molar-refractivity contribution in [1.82, 2.24) is 4.90 Å². The summed E-state index contributed by atoms with van der Waals surface area (Å²) < 4.78 is 0. The van der Waals surface area contributed by atoms with E-state index >= 15 is 0 Å². The minimum Gasteiger partial charge on any atom is -0.324 e. The van der Waals surface area contributed by atoms with Crippen LogP contribution in [0.5, 0.6) is 0 Å². The molecule has 0 aromatic rings. The maximum atomic E-state index is 11.2. The standard InChI is InChI=1S/C9H19NOS/c1-8(2,3)10(7(11)12)9(4,5)6/h1-6H3,(H,11,12). The molecular formula is C9H19NOS. The van der Waals surface area contributed by atoms with E-state index in [0.29, 0.717) is 0 Å². The summed E-state index contributed by atoms with van der Waals surface area (Å²) in [7, 11) is 0. The fraction of sp³-hybridized carbons (Fsp3) is 0.889. The van der Waals surface area contributed by atoms with Gasteiger partial charge in [-0.1, -0.05) is 12.6 Å². The Labute approximate surface area is 80.7 Å². The molecule has 0 aromatic heterocycles. The predicted octanol–water partition coefficient (Wildman–Crippen LogP) is 2.94. The van der Waals surface area contributed by atoms with Gasteiger partial charge in [0, 0.05) is 11.1 Å². The van der Waals surface area contributed by atoms with Gasteiger partial charge in [0.15, 0.2) is 0 Å². The Morgan fingerprint density at radius 2 is 1.25 bits per heavy atom. The first-order chi connectivity index (χ1) is 5.07. The Bertz CT molecular complexity index is 162. The monoisotopic (exact) mass is 189 g/mol. The number of thiol groups is 1. The number of hydrogen-bond acceptors (Lipinski definition) is 1. The largest absolute Gasteiger partial charge is 0.324 e. The molecule has 0 N–H and O–H groups in total. The molecule has 0 unspecified atom stereocenters. The fourth-order valence-corrected chi connectivity index (χ4v) is 2.18. The summed E-state index contributed by atoms with van der Waals surface area (Å²) in [5.74, 6) is 0. The SMILES string of the molecule is CC(C)(C)N(C(=O)S)C(C)(C)C. The number of nitrogens with zero attached hydrogens (tertiary/aromatic N) is 1. The van der Waals surface area contributed by atoms with Gasteiger partial charge in [-0.25, -0.2) is 0 Å². The Morgan fingerprint density at radius 3 is 1.25 bits per heavy atom. The van der Waals surface area contributed by atoms with Crippen molar-refractivity contribution in [1.29, 1.82) is 0 Å². The topological polar surface area (TPSA) is 20.3 Å². The van der Waals surface area contributed by atoms with Crippen LogP contribution in [0.25, 0.3) is 0 Å². The normalized spacial score (nSPS) is 12.9. The Hall–Kier alpha value is -0.180. The summed E-state index contributed by atoms with van der Waals surface area (Å²) >= 11 is 3.87. The first-order valence-electron chi connectivity index (χ1n) is 4.10. The molecule has 0 aromatic carbocycles. The molecule has 0 aliphatic rings. The number of carbonyl (C=O) groups is 1. The van der Waals surface area contributed by atoms with Crippen LogP contribution in [0, 0.1) is 0 Å². The number of hydrogen-bond donors (Lipinski definition) is 1. The summed E-state index contributed by atoms with van der Waals surface area (Å²) in [6.07, 6.45) is 0. The average molecular weight is 189 g/mol. The van der Waals surface area contributed by atoms with Gasteiger partial charge in [-0.3, -0.25) is 4.79 Å². The molecule has 0 radical (unpaired) electrons. The zero-order valence-electron chi connectivity index (χ0n) is 8.80. The van der Waals surface area contributed by atoms with E-state index in [9.17, 15) is 4.79 Å². The molecule has 0 aliphatic heterocycles. The zero-order chi connectivity index (χ0) is 10.2. The highest BCUT2D eigenvalue weighted by atomic mass is 32.1. The van der Waals surface area contributed by atoms with Gasteiger partial charge in [-0.05, 0) is 41.5 Å². The second-order valence-corrected chi connectivity index (χ2v) is 5.34. The van der Waals surface area contributed by atoms with Gasteiger partial charge in [0.1, 0.15) is 0 Å². The number of carbonyl (C=O) groups excluding carboxylic acids is 1. The molecule has 72 valence electrons. The molecule has 1 amide bonds. The highest BCUT2D eigenvalue weighted by Gasteiger charge is 2.33. The smallest absolute Gasteiger partial charge is 0.279 e. The van der Waals surface area contributed by atoms with Crippen molar-refractivity contribution >= 4 is 17.9 Å². The van der Waals surface area contributed by atoms with Crippen molar-refractivity contribution in [2.24, 2.45) is 0 Å². The third kappa shape index (κ3) is 3.05. The van der Waals surface area contributed by atoms with Crippen molar-refractivity contribution in [2.45, 2.75) is 52.6 Å². The van der Waals surface area contributed by atoms with Crippen molar-refractivity contribution in [3.05, 3.63) is 0 Å². The molecule has 0 rings (SSSR count). The maximum Gasteiger partial charge on any atom is 0.279 e. The summed E-state index contributed by atoms with van der Waals surface area (Å²) in [4.78, 5) is 13.0.